The normalized spacial score (nSPS) is 22.5. The molecule has 2 aromatic carbocycles. The van der Waals surface area contributed by atoms with Gasteiger partial charge >= 0.3 is 0 Å². The number of sulfonamides is 1. The highest BCUT2D eigenvalue weighted by Crippen LogP contribution is 2.25. The average Bonchev–Trinajstić information content (AvgIpc) is 3.40. The Labute approximate surface area is 184 Å². The van der Waals surface area contributed by atoms with Crippen molar-refractivity contribution in [1.82, 2.24) is 15.8 Å². The molecule has 2 aromatic rings. The van der Waals surface area contributed by atoms with Crippen LogP contribution >= 0.6 is 0 Å². The van der Waals surface area contributed by atoms with Crippen LogP contribution in [0.5, 0.6) is 0 Å². The maximum Gasteiger partial charge on any atom is 0.253 e. The third-order valence-electron chi connectivity index (χ3n) is 6.08. The second-order valence-corrected chi connectivity index (χ2v) is 10.4. The van der Waals surface area contributed by atoms with Crippen LogP contribution in [0, 0.1) is 0 Å². The number of hydrogen-bond donors (Lipinski definition) is 2. The van der Waals surface area contributed by atoms with Crippen LogP contribution in [0.2, 0.25) is 0 Å². The molecule has 2 unspecified atom stereocenters. The maximum absolute atomic E-state index is 12.7. The zero-order chi connectivity index (χ0) is 21.8. The van der Waals surface area contributed by atoms with Crippen LogP contribution in [-0.2, 0) is 10.0 Å². The van der Waals surface area contributed by atoms with Gasteiger partial charge in [-0.05, 0) is 55.5 Å². The summed E-state index contributed by atoms with van der Waals surface area (Å²) in [6.45, 7) is 1.18. The molecule has 0 aromatic heterocycles. The zero-order valence-corrected chi connectivity index (χ0v) is 18.6. The van der Waals surface area contributed by atoms with Gasteiger partial charge in [0.05, 0.1) is 11.4 Å². The first-order chi connectivity index (χ1) is 14.9. The Morgan fingerprint density at radius 1 is 1.10 bits per heavy atom. The summed E-state index contributed by atoms with van der Waals surface area (Å²) >= 11 is 0. The Kier molecular flexibility index (Phi) is 6.60. The summed E-state index contributed by atoms with van der Waals surface area (Å²) in [5.41, 5.74) is 9.23. The minimum Gasteiger partial charge on any atom is -0.342 e. The van der Waals surface area contributed by atoms with Crippen molar-refractivity contribution >= 4 is 21.6 Å². The van der Waals surface area contributed by atoms with Gasteiger partial charge in [0.25, 0.3) is 5.91 Å². The molecule has 0 saturated carbocycles. The molecule has 0 bridgehead atoms. The van der Waals surface area contributed by atoms with Gasteiger partial charge in [-0.2, -0.15) is 0 Å². The SMILES string of the molecule is CN(CCCC1CC(c2ccccc2)NN1)C(=O)c1ccc(N2CCCS2(=O)=O)cc1. The van der Waals surface area contributed by atoms with Crippen molar-refractivity contribution in [3.05, 3.63) is 65.7 Å². The lowest BCUT2D eigenvalue weighted by Crippen LogP contribution is -2.32. The van der Waals surface area contributed by atoms with Crippen molar-refractivity contribution < 1.29 is 13.2 Å². The zero-order valence-electron chi connectivity index (χ0n) is 17.8. The second-order valence-electron chi connectivity index (χ2n) is 8.34. The van der Waals surface area contributed by atoms with E-state index < -0.39 is 10.0 Å². The first-order valence-electron chi connectivity index (χ1n) is 10.9. The molecule has 0 aliphatic carbocycles. The van der Waals surface area contributed by atoms with Crippen LogP contribution in [0.25, 0.3) is 0 Å². The van der Waals surface area contributed by atoms with Gasteiger partial charge in [-0.3, -0.25) is 20.0 Å². The number of carbonyl (C=O) groups is 1. The van der Waals surface area contributed by atoms with Gasteiger partial charge in [-0.1, -0.05) is 30.3 Å². The molecule has 2 N–H and O–H groups in total. The van der Waals surface area contributed by atoms with Gasteiger partial charge in [0.1, 0.15) is 0 Å². The molecule has 0 spiro atoms. The van der Waals surface area contributed by atoms with Crippen molar-refractivity contribution in [2.24, 2.45) is 0 Å². The van der Waals surface area contributed by atoms with E-state index in [4.69, 9.17) is 0 Å². The monoisotopic (exact) mass is 442 g/mol. The number of hydrogen-bond acceptors (Lipinski definition) is 5. The molecule has 4 rings (SSSR count). The lowest BCUT2D eigenvalue weighted by Gasteiger charge is -2.20. The van der Waals surface area contributed by atoms with Gasteiger partial charge in [-0.15, -0.1) is 0 Å². The van der Waals surface area contributed by atoms with Crippen molar-refractivity contribution in [3.63, 3.8) is 0 Å². The molecule has 2 fully saturated rings. The van der Waals surface area contributed by atoms with E-state index in [0.29, 0.717) is 42.8 Å². The van der Waals surface area contributed by atoms with E-state index in [0.717, 1.165) is 19.3 Å². The number of nitrogens with one attached hydrogen (secondary N) is 2. The number of nitrogens with zero attached hydrogens (tertiary/aromatic N) is 2. The van der Waals surface area contributed by atoms with Gasteiger partial charge in [0, 0.05) is 37.8 Å². The lowest BCUT2D eigenvalue weighted by atomic mass is 10.00. The highest BCUT2D eigenvalue weighted by molar-refractivity contribution is 7.93. The van der Waals surface area contributed by atoms with Gasteiger partial charge in [0.15, 0.2) is 0 Å². The van der Waals surface area contributed by atoms with Crippen molar-refractivity contribution in [2.45, 2.75) is 37.8 Å². The van der Waals surface area contributed by atoms with E-state index in [9.17, 15) is 13.2 Å². The Morgan fingerprint density at radius 3 is 2.52 bits per heavy atom. The number of rotatable bonds is 7. The summed E-state index contributed by atoms with van der Waals surface area (Å²) in [7, 11) is -1.39. The Bertz CT molecular complexity index is 995. The predicted molar refractivity (Wildman–Crippen MR) is 122 cm³/mol. The van der Waals surface area contributed by atoms with Crippen LogP contribution in [0.4, 0.5) is 5.69 Å². The Morgan fingerprint density at radius 2 is 1.84 bits per heavy atom. The highest BCUT2D eigenvalue weighted by Gasteiger charge is 2.28. The molecular weight excluding hydrogens is 412 g/mol. The smallest absolute Gasteiger partial charge is 0.253 e. The summed E-state index contributed by atoms with van der Waals surface area (Å²) in [6.07, 6.45) is 3.57. The summed E-state index contributed by atoms with van der Waals surface area (Å²) in [6, 6.07) is 18.0. The van der Waals surface area contributed by atoms with Crippen LogP contribution < -0.4 is 15.2 Å². The van der Waals surface area contributed by atoms with Crippen LogP contribution in [0.3, 0.4) is 0 Å². The first-order valence-corrected chi connectivity index (χ1v) is 12.5. The summed E-state index contributed by atoms with van der Waals surface area (Å²) in [5.74, 6) is 0.143. The number of amides is 1. The van der Waals surface area contributed by atoms with Gasteiger partial charge in [-0.25, -0.2) is 8.42 Å². The number of carbonyl (C=O) groups excluding carboxylic acids is 1. The number of anilines is 1. The van der Waals surface area contributed by atoms with E-state index in [-0.39, 0.29) is 11.7 Å². The topological polar surface area (TPSA) is 81.8 Å². The van der Waals surface area contributed by atoms with Crippen LogP contribution in [0.1, 0.15) is 47.6 Å². The molecule has 2 heterocycles. The Balaban J connectivity index is 1.24. The molecular formula is C23H30N4O3S. The third kappa shape index (κ3) is 5.08. The summed E-state index contributed by atoms with van der Waals surface area (Å²) in [4.78, 5) is 14.5. The van der Waals surface area contributed by atoms with Gasteiger partial charge < -0.3 is 4.90 Å². The fraction of sp³-hybridized carbons (Fsp3) is 0.435. The molecule has 2 aliphatic heterocycles. The molecule has 1 amide bonds. The quantitative estimate of drug-likeness (QED) is 0.689. The summed E-state index contributed by atoms with van der Waals surface area (Å²) in [5, 5.41) is 0. The molecule has 2 aliphatic rings. The molecule has 31 heavy (non-hydrogen) atoms. The van der Waals surface area contributed by atoms with E-state index in [1.165, 1.54) is 9.87 Å². The van der Waals surface area contributed by atoms with Gasteiger partial charge in [0.2, 0.25) is 10.0 Å². The second kappa shape index (κ2) is 9.38. The predicted octanol–water partition coefficient (Wildman–Crippen LogP) is 2.69. The van der Waals surface area contributed by atoms with Crippen LogP contribution in [-0.4, -0.2) is 51.2 Å². The van der Waals surface area contributed by atoms with Crippen LogP contribution in [0.15, 0.2) is 54.6 Å². The molecule has 2 saturated heterocycles. The minimum atomic E-state index is -3.20. The molecule has 0 radical (unpaired) electrons. The highest BCUT2D eigenvalue weighted by atomic mass is 32.2. The minimum absolute atomic E-state index is 0.0458. The summed E-state index contributed by atoms with van der Waals surface area (Å²) < 4.78 is 25.5. The largest absolute Gasteiger partial charge is 0.342 e. The molecule has 8 heteroatoms. The number of hydrazine groups is 1. The first kappa shape index (κ1) is 21.8. The van der Waals surface area contributed by atoms with E-state index in [1.54, 1.807) is 29.2 Å². The van der Waals surface area contributed by atoms with Crippen molar-refractivity contribution in [2.75, 3.05) is 30.2 Å². The fourth-order valence-corrected chi connectivity index (χ4v) is 5.88. The number of benzene rings is 2. The van der Waals surface area contributed by atoms with E-state index >= 15 is 0 Å². The lowest BCUT2D eigenvalue weighted by molar-refractivity contribution is 0.0791. The molecule has 7 nitrogen and oxygen atoms in total. The third-order valence-corrected chi connectivity index (χ3v) is 7.95. The fourth-order valence-electron chi connectivity index (χ4n) is 4.31. The maximum atomic E-state index is 12.7. The molecule has 166 valence electrons. The Hall–Kier alpha value is -2.42. The average molecular weight is 443 g/mol. The van der Waals surface area contributed by atoms with Crippen molar-refractivity contribution in [1.29, 1.82) is 0 Å². The van der Waals surface area contributed by atoms with E-state index in [2.05, 4.69) is 35.1 Å². The standard InChI is InChI=1S/C23H30N4O3S/c1-26(14-5-9-20-17-22(25-24-20)18-7-3-2-4-8-18)23(28)19-10-12-21(13-11-19)27-15-6-16-31(27,29)30/h2-4,7-8,10-13,20,22,24-25H,5-6,9,14-17H2,1H3. The van der Waals surface area contributed by atoms with Crippen molar-refractivity contribution in [3.8, 4) is 0 Å². The van der Waals surface area contributed by atoms with E-state index in [1.807, 2.05) is 13.1 Å². The molecule has 2 atom stereocenters.